The summed E-state index contributed by atoms with van der Waals surface area (Å²) in [4.78, 5) is 16.0. The van der Waals surface area contributed by atoms with Gasteiger partial charge in [0.15, 0.2) is 0 Å². The number of carbonyl (C=O) groups excluding carboxylic acids is 1. The lowest BCUT2D eigenvalue weighted by atomic mass is 10.3. The number of carbonyl (C=O) groups is 1. The van der Waals surface area contributed by atoms with E-state index in [1.54, 1.807) is 17.8 Å². The number of rotatable bonds is 3. The van der Waals surface area contributed by atoms with E-state index in [1.165, 1.54) is 6.20 Å². The first-order valence-corrected chi connectivity index (χ1v) is 6.03. The average Bonchev–Trinajstić information content (AvgIpc) is 3.09. The topological polar surface area (TPSA) is 88.5 Å². The molecule has 7 nitrogen and oxygen atoms in total. The molecule has 1 aromatic carbocycles. The van der Waals surface area contributed by atoms with E-state index in [0.29, 0.717) is 11.4 Å². The van der Waals surface area contributed by atoms with Crippen molar-refractivity contribution >= 4 is 11.9 Å². The molecule has 0 saturated carbocycles. The number of aryl methyl sites for hydroxylation is 1. The zero-order valence-electron chi connectivity index (χ0n) is 10.7. The molecule has 0 aliphatic rings. The summed E-state index contributed by atoms with van der Waals surface area (Å²) in [5, 5.41) is 13.3. The van der Waals surface area contributed by atoms with E-state index in [2.05, 4.69) is 25.6 Å². The van der Waals surface area contributed by atoms with Gasteiger partial charge in [-0.05, 0) is 19.1 Å². The van der Waals surface area contributed by atoms with Crippen LogP contribution in [0.15, 0.2) is 42.7 Å². The van der Waals surface area contributed by atoms with Crippen molar-refractivity contribution in [1.82, 2.24) is 25.0 Å². The molecule has 0 aliphatic heterocycles. The van der Waals surface area contributed by atoms with Crippen LogP contribution in [0.2, 0.25) is 0 Å². The molecular formula is C13H12N6O. The van der Waals surface area contributed by atoms with Crippen LogP contribution in [0, 0.1) is 6.92 Å². The third-order valence-corrected chi connectivity index (χ3v) is 2.69. The molecule has 3 rings (SSSR count). The number of aromatic amines is 1. The summed E-state index contributed by atoms with van der Waals surface area (Å²) in [6.07, 6.45) is 3.16. The molecular weight excluding hydrogens is 256 g/mol. The van der Waals surface area contributed by atoms with Crippen molar-refractivity contribution in [3.8, 4) is 5.69 Å². The maximum Gasteiger partial charge on any atom is 0.261 e. The van der Waals surface area contributed by atoms with Crippen LogP contribution in [0.5, 0.6) is 0 Å². The van der Waals surface area contributed by atoms with Gasteiger partial charge in [-0.2, -0.15) is 10.1 Å². The van der Waals surface area contributed by atoms with Crippen LogP contribution in [0.1, 0.15) is 16.2 Å². The number of benzene rings is 1. The van der Waals surface area contributed by atoms with E-state index in [1.807, 2.05) is 30.3 Å². The number of para-hydroxylation sites is 1. The lowest BCUT2D eigenvalue weighted by Crippen LogP contribution is -2.12. The molecule has 0 spiro atoms. The van der Waals surface area contributed by atoms with E-state index >= 15 is 0 Å². The first kappa shape index (κ1) is 12.1. The molecule has 20 heavy (non-hydrogen) atoms. The molecule has 0 radical (unpaired) electrons. The first-order valence-electron chi connectivity index (χ1n) is 6.03. The Hall–Kier alpha value is -2.96. The molecule has 2 aromatic heterocycles. The molecule has 0 fully saturated rings. The van der Waals surface area contributed by atoms with Gasteiger partial charge < -0.3 is 0 Å². The number of aromatic nitrogens is 5. The molecule has 100 valence electrons. The third-order valence-electron chi connectivity index (χ3n) is 2.69. The van der Waals surface area contributed by atoms with Gasteiger partial charge in [0.25, 0.3) is 5.91 Å². The quantitative estimate of drug-likeness (QED) is 0.754. The Morgan fingerprint density at radius 1 is 1.30 bits per heavy atom. The molecule has 3 aromatic rings. The number of anilines is 1. The third kappa shape index (κ3) is 2.41. The maximum absolute atomic E-state index is 12.0. The van der Waals surface area contributed by atoms with Crippen molar-refractivity contribution in [3.05, 3.63) is 54.1 Å². The number of H-pyrrole nitrogens is 1. The highest BCUT2D eigenvalue weighted by atomic mass is 16.1. The minimum absolute atomic E-state index is 0.250. The Balaban J connectivity index is 1.78. The van der Waals surface area contributed by atoms with Gasteiger partial charge >= 0.3 is 0 Å². The van der Waals surface area contributed by atoms with Gasteiger partial charge in [0.05, 0.1) is 17.4 Å². The fourth-order valence-electron chi connectivity index (χ4n) is 1.73. The predicted octanol–water partition coefficient (Wildman–Crippen LogP) is 1.55. The highest BCUT2D eigenvalue weighted by Crippen LogP contribution is 2.09. The molecule has 2 N–H and O–H groups in total. The van der Waals surface area contributed by atoms with Gasteiger partial charge in [-0.1, -0.05) is 18.2 Å². The van der Waals surface area contributed by atoms with Crippen molar-refractivity contribution in [1.29, 1.82) is 0 Å². The van der Waals surface area contributed by atoms with Crippen molar-refractivity contribution in [2.45, 2.75) is 6.92 Å². The van der Waals surface area contributed by atoms with Crippen LogP contribution in [-0.4, -0.2) is 30.9 Å². The number of nitrogens with zero attached hydrogens (tertiary/aromatic N) is 4. The minimum Gasteiger partial charge on any atom is -0.289 e. The molecule has 0 aliphatic carbocycles. The van der Waals surface area contributed by atoms with E-state index in [4.69, 9.17) is 0 Å². The smallest absolute Gasteiger partial charge is 0.261 e. The van der Waals surface area contributed by atoms with Gasteiger partial charge in [-0.3, -0.25) is 15.2 Å². The predicted molar refractivity (Wildman–Crippen MR) is 72.6 cm³/mol. The van der Waals surface area contributed by atoms with E-state index in [-0.39, 0.29) is 11.9 Å². The van der Waals surface area contributed by atoms with Gasteiger partial charge in [-0.15, -0.1) is 5.10 Å². The lowest BCUT2D eigenvalue weighted by Gasteiger charge is -1.99. The zero-order valence-corrected chi connectivity index (χ0v) is 10.7. The summed E-state index contributed by atoms with van der Waals surface area (Å²) < 4.78 is 1.64. The molecule has 0 saturated heterocycles. The SMILES string of the molecule is Cc1nc(NC(=O)c2cnn(-c3ccccc3)c2)n[nH]1. The fraction of sp³-hybridized carbons (Fsp3) is 0.0769. The van der Waals surface area contributed by atoms with Crippen molar-refractivity contribution in [3.63, 3.8) is 0 Å². The summed E-state index contributed by atoms with van der Waals surface area (Å²) in [5.74, 6) is 0.589. The van der Waals surface area contributed by atoms with Gasteiger partial charge in [0.1, 0.15) is 5.82 Å². The van der Waals surface area contributed by atoms with Crippen molar-refractivity contribution < 1.29 is 4.79 Å². The van der Waals surface area contributed by atoms with Crippen LogP contribution in [-0.2, 0) is 0 Å². The second-order valence-corrected chi connectivity index (χ2v) is 4.21. The molecule has 0 atom stereocenters. The molecule has 2 heterocycles. The highest BCUT2D eigenvalue weighted by Gasteiger charge is 2.11. The molecule has 7 heteroatoms. The Morgan fingerprint density at radius 3 is 2.80 bits per heavy atom. The minimum atomic E-state index is -0.300. The van der Waals surface area contributed by atoms with Crippen LogP contribution < -0.4 is 5.32 Å². The fourth-order valence-corrected chi connectivity index (χ4v) is 1.73. The summed E-state index contributed by atoms with van der Waals surface area (Å²) >= 11 is 0. The van der Waals surface area contributed by atoms with Crippen LogP contribution in [0.25, 0.3) is 5.69 Å². The van der Waals surface area contributed by atoms with Crippen LogP contribution >= 0.6 is 0 Å². The first-order chi connectivity index (χ1) is 9.72. The summed E-state index contributed by atoms with van der Waals surface area (Å²) in [6.45, 7) is 1.76. The van der Waals surface area contributed by atoms with Crippen molar-refractivity contribution in [2.75, 3.05) is 5.32 Å². The summed E-state index contributed by atoms with van der Waals surface area (Å²) in [5.41, 5.74) is 1.33. The normalized spacial score (nSPS) is 10.4. The second kappa shape index (κ2) is 4.96. The van der Waals surface area contributed by atoms with Gasteiger partial charge in [0.2, 0.25) is 5.95 Å². The number of nitrogens with one attached hydrogen (secondary N) is 2. The second-order valence-electron chi connectivity index (χ2n) is 4.21. The summed E-state index contributed by atoms with van der Waals surface area (Å²) in [7, 11) is 0. The number of amides is 1. The largest absolute Gasteiger partial charge is 0.289 e. The zero-order chi connectivity index (χ0) is 13.9. The number of hydrogen-bond donors (Lipinski definition) is 2. The average molecular weight is 268 g/mol. The van der Waals surface area contributed by atoms with E-state index in [0.717, 1.165) is 5.69 Å². The Morgan fingerprint density at radius 2 is 2.10 bits per heavy atom. The Bertz CT molecular complexity index is 730. The van der Waals surface area contributed by atoms with Gasteiger partial charge in [0, 0.05) is 6.20 Å². The molecule has 0 bridgehead atoms. The molecule has 0 unspecified atom stereocenters. The monoisotopic (exact) mass is 268 g/mol. The molecule has 1 amide bonds. The van der Waals surface area contributed by atoms with Crippen molar-refractivity contribution in [2.24, 2.45) is 0 Å². The van der Waals surface area contributed by atoms with E-state index < -0.39 is 0 Å². The van der Waals surface area contributed by atoms with Crippen LogP contribution in [0.4, 0.5) is 5.95 Å². The van der Waals surface area contributed by atoms with Crippen LogP contribution in [0.3, 0.4) is 0 Å². The lowest BCUT2D eigenvalue weighted by molar-refractivity contribution is 0.102. The van der Waals surface area contributed by atoms with E-state index in [9.17, 15) is 4.79 Å². The standard InChI is InChI=1S/C13H12N6O/c1-9-15-13(18-17-9)16-12(20)10-7-14-19(8-10)11-5-3-2-4-6-11/h2-8H,1H3,(H2,15,16,17,18,20). The highest BCUT2D eigenvalue weighted by molar-refractivity contribution is 6.02. The number of hydrogen-bond acceptors (Lipinski definition) is 4. The maximum atomic E-state index is 12.0. The Labute approximate surface area is 114 Å². The van der Waals surface area contributed by atoms with Gasteiger partial charge in [-0.25, -0.2) is 4.68 Å². The summed E-state index contributed by atoms with van der Waals surface area (Å²) in [6, 6.07) is 9.56. The Kier molecular flexibility index (Phi) is 3.00.